The van der Waals surface area contributed by atoms with Crippen LogP contribution in [0.25, 0.3) is 21.6 Å². The number of piperidine rings is 1. The van der Waals surface area contributed by atoms with E-state index < -0.39 is 0 Å². The zero-order valence-corrected chi connectivity index (χ0v) is 19.6. The summed E-state index contributed by atoms with van der Waals surface area (Å²) in [6.07, 6.45) is 3.00. The number of benzene rings is 1. The third kappa shape index (κ3) is 4.50. The molecule has 0 atom stereocenters. The van der Waals surface area contributed by atoms with E-state index in [-0.39, 0.29) is 5.92 Å². The van der Waals surface area contributed by atoms with Gasteiger partial charge in [0.05, 0.1) is 5.69 Å². The highest BCUT2D eigenvalue weighted by Crippen LogP contribution is 2.32. The molecule has 2 fully saturated rings. The molecule has 1 amide bonds. The molecule has 0 spiro atoms. The molecule has 32 heavy (non-hydrogen) atoms. The van der Waals surface area contributed by atoms with E-state index in [4.69, 9.17) is 9.97 Å². The van der Waals surface area contributed by atoms with E-state index in [1.54, 1.807) is 11.3 Å². The number of aromatic nitrogens is 2. The second kappa shape index (κ2) is 9.55. The smallest absolute Gasteiger partial charge is 0.225 e. The van der Waals surface area contributed by atoms with Crippen LogP contribution in [0.15, 0.2) is 42.5 Å². The highest BCUT2D eigenvalue weighted by molar-refractivity contribution is 7.21. The molecule has 3 aromatic rings. The molecule has 6 nitrogen and oxygen atoms in total. The second-order valence-corrected chi connectivity index (χ2v) is 9.77. The number of pyridine rings is 1. The first-order chi connectivity index (χ1) is 15.7. The van der Waals surface area contributed by atoms with E-state index in [9.17, 15) is 4.79 Å². The molecule has 2 aromatic heterocycles. The normalized spacial score (nSPS) is 18.4. The van der Waals surface area contributed by atoms with E-state index in [0.717, 1.165) is 85.4 Å². The summed E-state index contributed by atoms with van der Waals surface area (Å²) < 4.78 is 0. The first-order valence-corrected chi connectivity index (χ1v) is 12.6. The van der Waals surface area contributed by atoms with Gasteiger partial charge in [-0.25, -0.2) is 9.97 Å². The summed E-state index contributed by atoms with van der Waals surface area (Å²) in [5.74, 6) is 0.514. The van der Waals surface area contributed by atoms with Crippen molar-refractivity contribution in [1.82, 2.24) is 19.8 Å². The van der Waals surface area contributed by atoms with Crippen molar-refractivity contribution in [2.24, 2.45) is 5.92 Å². The van der Waals surface area contributed by atoms with E-state index in [1.165, 1.54) is 6.42 Å². The van der Waals surface area contributed by atoms with Gasteiger partial charge >= 0.3 is 0 Å². The lowest BCUT2D eigenvalue weighted by Crippen LogP contribution is -2.51. The van der Waals surface area contributed by atoms with Crippen LogP contribution in [0.4, 0.5) is 5.13 Å². The molecule has 4 heterocycles. The Labute approximate surface area is 193 Å². The third-order valence-electron chi connectivity index (χ3n) is 6.65. The van der Waals surface area contributed by atoms with E-state index in [0.29, 0.717) is 5.91 Å². The lowest BCUT2D eigenvalue weighted by molar-refractivity contribution is -0.138. The number of fused-ring (bicyclic) bond motifs is 1. The number of thiazole rings is 1. The molecular formula is C25H31N5OS. The predicted molar refractivity (Wildman–Crippen MR) is 131 cm³/mol. The molecular weight excluding hydrogens is 418 g/mol. The van der Waals surface area contributed by atoms with Gasteiger partial charge in [0.15, 0.2) is 5.13 Å². The largest absolute Gasteiger partial charge is 0.348 e. The maximum atomic E-state index is 13.0. The number of carbonyl (C=O) groups excluding carboxylic acids is 1. The molecule has 0 radical (unpaired) electrons. The van der Waals surface area contributed by atoms with E-state index >= 15 is 0 Å². The number of hydrogen-bond acceptors (Lipinski definition) is 6. The molecule has 0 N–H and O–H groups in total. The molecule has 7 heteroatoms. The summed E-state index contributed by atoms with van der Waals surface area (Å²) in [5.41, 5.74) is 3.06. The SMILES string of the molecule is CCCN1CCN(C(=O)C2CCN(c3nc4ccc(-c5ccccc5)nc4s3)CC2)CC1. The van der Waals surface area contributed by atoms with Gasteiger partial charge in [0.1, 0.15) is 10.3 Å². The number of piperazine rings is 1. The fourth-order valence-corrected chi connectivity index (χ4v) is 5.79. The van der Waals surface area contributed by atoms with Crippen LogP contribution in [0.2, 0.25) is 0 Å². The van der Waals surface area contributed by atoms with Crippen molar-refractivity contribution in [3.63, 3.8) is 0 Å². The Morgan fingerprint density at radius 3 is 2.44 bits per heavy atom. The Hall–Kier alpha value is -2.51. The van der Waals surface area contributed by atoms with Gasteiger partial charge in [-0.2, -0.15) is 0 Å². The quantitative estimate of drug-likeness (QED) is 0.586. The summed E-state index contributed by atoms with van der Waals surface area (Å²) >= 11 is 1.66. The Morgan fingerprint density at radius 1 is 0.969 bits per heavy atom. The summed E-state index contributed by atoms with van der Waals surface area (Å²) in [7, 11) is 0. The van der Waals surface area contributed by atoms with E-state index in [2.05, 4.69) is 39.8 Å². The van der Waals surface area contributed by atoms with Crippen molar-refractivity contribution in [2.45, 2.75) is 26.2 Å². The molecule has 168 valence electrons. The second-order valence-electron chi connectivity index (χ2n) is 8.81. The molecule has 1 aromatic carbocycles. The third-order valence-corrected chi connectivity index (χ3v) is 7.68. The Morgan fingerprint density at radius 2 is 1.72 bits per heavy atom. The monoisotopic (exact) mass is 449 g/mol. The maximum absolute atomic E-state index is 13.0. The van der Waals surface area contributed by atoms with Gasteiger partial charge in [-0.15, -0.1) is 0 Å². The summed E-state index contributed by atoms with van der Waals surface area (Å²) in [6.45, 7) is 8.93. The standard InChI is InChI=1S/C25H31N5OS/c1-2-12-28-15-17-29(18-16-28)24(31)20-10-13-30(14-11-20)25-27-22-9-8-21(26-23(22)32-25)19-6-4-3-5-7-19/h3-9,20H,2,10-18H2,1H3. The molecule has 2 aliphatic rings. The molecule has 2 saturated heterocycles. The minimum atomic E-state index is 0.154. The van der Waals surface area contributed by atoms with Crippen LogP contribution in [0, 0.1) is 5.92 Å². The van der Waals surface area contributed by atoms with Gasteiger partial charge in [-0.05, 0) is 37.9 Å². The lowest BCUT2D eigenvalue weighted by Gasteiger charge is -2.38. The molecule has 5 rings (SSSR count). The molecule has 2 aliphatic heterocycles. The minimum Gasteiger partial charge on any atom is -0.348 e. The van der Waals surface area contributed by atoms with Crippen LogP contribution in [-0.2, 0) is 4.79 Å². The van der Waals surface area contributed by atoms with Crippen LogP contribution in [-0.4, -0.2) is 71.5 Å². The van der Waals surface area contributed by atoms with Crippen molar-refractivity contribution < 1.29 is 4.79 Å². The maximum Gasteiger partial charge on any atom is 0.225 e. The number of rotatable bonds is 5. The Balaban J connectivity index is 1.20. The fourth-order valence-electron chi connectivity index (χ4n) is 4.79. The van der Waals surface area contributed by atoms with Crippen molar-refractivity contribution in [3.05, 3.63) is 42.5 Å². The highest BCUT2D eigenvalue weighted by Gasteiger charge is 2.31. The zero-order chi connectivity index (χ0) is 21.9. The number of anilines is 1. The minimum absolute atomic E-state index is 0.154. The van der Waals surface area contributed by atoms with Crippen LogP contribution in [0.5, 0.6) is 0 Å². The van der Waals surface area contributed by atoms with Gasteiger partial charge in [-0.3, -0.25) is 9.69 Å². The fraction of sp³-hybridized carbons (Fsp3) is 0.480. The predicted octanol–water partition coefficient (Wildman–Crippen LogP) is 4.13. The number of amides is 1. The summed E-state index contributed by atoms with van der Waals surface area (Å²) in [5, 5.41) is 1.02. The molecule has 0 unspecified atom stereocenters. The number of nitrogens with zero attached hydrogens (tertiary/aromatic N) is 5. The van der Waals surface area contributed by atoms with Gasteiger partial charge < -0.3 is 9.80 Å². The summed E-state index contributed by atoms with van der Waals surface area (Å²) in [6, 6.07) is 14.4. The number of hydrogen-bond donors (Lipinski definition) is 0. The Kier molecular flexibility index (Phi) is 6.37. The summed E-state index contributed by atoms with van der Waals surface area (Å²) in [4.78, 5) is 30.6. The van der Waals surface area contributed by atoms with Gasteiger partial charge in [-0.1, -0.05) is 48.6 Å². The zero-order valence-electron chi connectivity index (χ0n) is 18.7. The van der Waals surface area contributed by atoms with Gasteiger partial charge in [0, 0.05) is 50.7 Å². The average molecular weight is 450 g/mol. The van der Waals surface area contributed by atoms with Crippen LogP contribution < -0.4 is 4.90 Å². The van der Waals surface area contributed by atoms with Crippen LogP contribution in [0.1, 0.15) is 26.2 Å². The topological polar surface area (TPSA) is 52.6 Å². The van der Waals surface area contributed by atoms with E-state index in [1.807, 2.05) is 24.3 Å². The van der Waals surface area contributed by atoms with Crippen LogP contribution in [0.3, 0.4) is 0 Å². The first kappa shape index (κ1) is 21.3. The van der Waals surface area contributed by atoms with Crippen molar-refractivity contribution in [1.29, 1.82) is 0 Å². The lowest BCUT2D eigenvalue weighted by atomic mass is 9.95. The number of carbonyl (C=O) groups is 1. The average Bonchev–Trinajstić information content (AvgIpc) is 3.28. The molecule has 0 aliphatic carbocycles. The van der Waals surface area contributed by atoms with Gasteiger partial charge in [0.2, 0.25) is 5.91 Å². The Bertz CT molecular complexity index is 1050. The van der Waals surface area contributed by atoms with Crippen molar-refractivity contribution >= 4 is 32.7 Å². The van der Waals surface area contributed by atoms with Crippen molar-refractivity contribution in [2.75, 3.05) is 50.7 Å². The molecule has 0 bridgehead atoms. The molecule has 0 saturated carbocycles. The van der Waals surface area contributed by atoms with Gasteiger partial charge in [0.25, 0.3) is 0 Å². The first-order valence-electron chi connectivity index (χ1n) is 11.8. The van der Waals surface area contributed by atoms with Crippen LogP contribution >= 0.6 is 11.3 Å². The highest BCUT2D eigenvalue weighted by atomic mass is 32.1. The van der Waals surface area contributed by atoms with Crippen molar-refractivity contribution in [3.8, 4) is 11.3 Å².